The number of benzene rings is 3. The van der Waals surface area contributed by atoms with Gasteiger partial charge in [-0.3, -0.25) is 4.79 Å². The van der Waals surface area contributed by atoms with E-state index in [0.29, 0.717) is 11.3 Å². The summed E-state index contributed by atoms with van der Waals surface area (Å²) in [4.78, 5) is 17.2. The number of nitrogens with zero attached hydrogens (tertiary/aromatic N) is 1. The summed E-state index contributed by atoms with van der Waals surface area (Å²) < 4.78 is 5.25. The molecule has 1 amide bonds. The lowest BCUT2D eigenvalue weighted by Gasteiger charge is -2.09. The van der Waals surface area contributed by atoms with Crippen LogP contribution >= 0.6 is 11.3 Å². The molecule has 0 atom stereocenters. The molecule has 0 aliphatic heterocycles. The van der Waals surface area contributed by atoms with Crippen molar-refractivity contribution in [3.63, 3.8) is 0 Å². The van der Waals surface area contributed by atoms with Gasteiger partial charge in [0.05, 0.1) is 18.4 Å². The summed E-state index contributed by atoms with van der Waals surface area (Å²) in [5.74, 6) is 0.345. The van der Waals surface area contributed by atoms with E-state index in [1.807, 2.05) is 60.0 Å². The van der Waals surface area contributed by atoms with Crippen molar-refractivity contribution in [1.82, 2.24) is 4.98 Å². The molecule has 0 saturated carbocycles. The molecule has 0 unspecified atom stereocenters. The van der Waals surface area contributed by atoms with Crippen LogP contribution in [0.2, 0.25) is 0 Å². The Hall–Kier alpha value is -3.44. The maximum absolute atomic E-state index is 12.5. The number of thiazole rings is 1. The number of nitrogens with one attached hydrogen (secondary N) is 1. The van der Waals surface area contributed by atoms with Crippen LogP contribution in [-0.4, -0.2) is 18.0 Å². The van der Waals surface area contributed by atoms with Crippen LogP contribution in [-0.2, 0) is 0 Å². The molecule has 0 bridgehead atoms. The highest BCUT2D eigenvalue weighted by Gasteiger charge is 2.12. The number of methoxy groups -OCH3 is 1. The van der Waals surface area contributed by atoms with Gasteiger partial charge < -0.3 is 10.1 Å². The number of amides is 1. The second-order valence-electron chi connectivity index (χ2n) is 6.14. The molecule has 1 heterocycles. The molecule has 3 aromatic carbocycles. The first kappa shape index (κ1) is 17.9. The lowest BCUT2D eigenvalue weighted by Crippen LogP contribution is -2.12. The van der Waals surface area contributed by atoms with Crippen molar-refractivity contribution in [2.24, 2.45) is 0 Å². The number of aromatic nitrogens is 1. The van der Waals surface area contributed by atoms with E-state index in [1.165, 1.54) is 0 Å². The van der Waals surface area contributed by atoms with Crippen molar-refractivity contribution in [2.45, 2.75) is 0 Å². The first-order chi connectivity index (χ1) is 13.7. The van der Waals surface area contributed by atoms with Gasteiger partial charge in [0.1, 0.15) is 10.8 Å². The van der Waals surface area contributed by atoms with Crippen molar-refractivity contribution in [3.8, 4) is 27.6 Å². The molecule has 0 spiro atoms. The normalized spacial score (nSPS) is 10.5. The minimum atomic E-state index is -0.203. The Morgan fingerprint density at radius 1 is 0.893 bits per heavy atom. The molecular weight excluding hydrogens is 368 g/mol. The first-order valence-electron chi connectivity index (χ1n) is 8.80. The van der Waals surface area contributed by atoms with Gasteiger partial charge in [-0.25, -0.2) is 4.98 Å². The van der Waals surface area contributed by atoms with Crippen molar-refractivity contribution in [3.05, 3.63) is 89.8 Å². The van der Waals surface area contributed by atoms with E-state index in [-0.39, 0.29) is 5.91 Å². The second-order valence-corrected chi connectivity index (χ2v) is 6.99. The van der Waals surface area contributed by atoms with Crippen LogP contribution in [0, 0.1) is 0 Å². The third kappa shape index (κ3) is 3.80. The van der Waals surface area contributed by atoms with Gasteiger partial charge >= 0.3 is 0 Å². The Labute approximate surface area is 167 Å². The monoisotopic (exact) mass is 386 g/mol. The van der Waals surface area contributed by atoms with Crippen LogP contribution in [0.3, 0.4) is 0 Å². The number of carbonyl (C=O) groups is 1. The van der Waals surface area contributed by atoms with Crippen LogP contribution in [0.25, 0.3) is 21.8 Å². The summed E-state index contributed by atoms with van der Waals surface area (Å²) in [5.41, 5.74) is 4.26. The van der Waals surface area contributed by atoms with Crippen molar-refractivity contribution in [1.29, 1.82) is 0 Å². The van der Waals surface area contributed by atoms with Gasteiger partial charge in [0.15, 0.2) is 0 Å². The third-order valence-corrected chi connectivity index (χ3v) is 5.21. The molecule has 138 valence electrons. The Kier molecular flexibility index (Phi) is 5.17. The van der Waals surface area contributed by atoms with Gasteiger partial charge in [-0.15, -0.1) is 11.3 Å². The van der Waals surface area contributed by atoms with Crippen LogP contribution in [0.1, 0.15) is 10.4 Å². The first-order valence-corrected chi connectivity index (χ1v) is 9.68. The highest BCUT2D eigenvalue weighted by atomic mass is 32.1. The molecule has 0 saturated heterocycles. The summed E-state index contributed by atoms with van der Waals surface area (Å²) >= 11 is 1.62. The van der Waals surface area contributed by atoms with Crippen LogP contribution in [0.4, 0.5) is 5.69 Å². The van der Waals surface area contributed by atoms with Crippen LogP contribution in [0.5, 0.6) is 5.75 Å². The fourth-order valence-corrected chi connectivity index (χ4v) is 3.71. The minimum absolute atomic E-state index is 0.203. The van der Waals surface area contributed by atoms with Gasteiger partial charge in [-0.2, -0.15) is 0 Å². The van der Waals surface area contributed by atoms with Crippen molar-refractivity contribution >= 4 is 22.9 Å². The van der Waals surface area contributed by atoms with Gasteiger partial charge in [0, 0.05) is 22.2 Å². The fraction of sp³-hybridized carbons (Fsp3) is 0.0435. The summed E-state index contributed by atoms with van der Waals surface area (Å²) in [6.45, 7) is 0. The SMILES string of the molecule is COc1ccccc1C(=O)Nc1ccc(-c2csc(-c3ccccc3)n2)cc1. The van der Waals surface area contributed by atoms with Crippen molar-refractivity contribution in [2.75, 3.05) is 12.4 Å². The van der Waals surface area contributed by atoms with E-state index < -0.39 is 0 Å². The number of ether oxygens (including phenoxy) is 1. The van der Waals surface area contributed by atoms with Gasteiger partial charge in [-0.05, 0) is 24.3 Å². The molecule has 5 heteroatoms. The highest BCUT2D eigenvalue weighted by Crippen LogP contribution is 2.29. The summed E-state index contributed by atoms with van der Waals surface area (Å²) in [7, 11) is 1.55. The molecule has 1 N–H and O–H groups in total. The molecule has 0 aliphatic carbocycles. The molecular formula is C23H18N2O2S. The maximum Gasteiger partial charge on any atom is 0.259 e. The number of hydrogen-bond acceptors (Lipinski definition) is 4. The number of carbonyl (C=O) groups excluding carboxylic acids is 1. The lowest BCUT2D eigenvalue weighted by molar-refractivity contribution is 0.102. The number of para-hydroxylation sites is 1. The summed E-state index contributed by atoms with van der Waals surface area (Å²) in [5, 5.41) is 5.94. The zero-order valence-electron chi connectivity index (χ0n) is 15.3. The number of rotatable bonds is 5. The average molecular weight is 386 g/mol. The average Bonchev–Trinajstić information content (AvgIpc) is 3.25. The lowest BCUT2D eigenvalue weighted by atomic mass is 10.1. The Bertz CT molecular complexity index is 1090. The molecule has 28 heavy (non-hydrogen) atoms. The Morgan fingerprint density at radius 3 is 2.36 bits per heavy atom. The zero-order chi connectivity index (χ0) is 19.3. The standard InChI is InChI=1S/C23H18N2O2S/c1-27-21-10-6-5-9-19(21)22(26)24-18-13-11-16(12-14-18)20-15-28-23(25-20)17-7-3-2-4-8-17/h2-15H,1H3,(H,24,26). The van der Waals surface area contributed by atoms with E-state index in [1.54, 1.807) is 30.6 Å². The number of hydrogen-bond donors (Lipinski definition) is 1. The summed E-state index contributed by atoms with van der Waals surface area (Å²) in [6, 6.07) is 25.0. The molecule has 4 nitrogen and oxygen atoms in total. The highest BCUT2D eigenvalue weighted by molar-refractivity contribution is 7.13. The fourth-order valence-electron chi connectivity index (χ4n) is 2.87. The van der Waals surface area contributed by atoms with Gasteiger partial charge in [-0.1, -0.05) is 54.6 Å². The smallest absolute Gasteiger partial charge is 0.259 e. The predicted molar refractivity (Wildman–Crippen MR) is 114 cm³/mol. The molecule has 4 rings (SSSR count). The van der Waals surface area contributed by atoms with E-state index in [4.69, 9.17) is 9.72 Å². The number of anilines is 1. The van der Waals surface area contributed by atoms with E-state index in [0.717, 1.165) is 27.5 Å². The van der Waals surface area contributed by atoms with Crippen LogP contribution in [0.15, 0.2) is 84.2 Å². The predicted octanol–water partition coefficient (Wildman–Crippen LogP) is 5.74. The largest absolute Gasteiger partial charge is 0.496 e. The molecule has 4 aromatic rings. The topological polar surface area (TPSA) is 51.2 Å². The summed E-state index contributed by atoms with van der Waals surface area (Å²) in [6.07, 6.45) is 0. The minimum Gasteiger partial charge on any atom is -0.496 e. The maximum atomic E-state index is 12.5. The molecule has 0 aliphatic rings. The zero-order valence-corrected chi connectivity index (χ0v) is 16.1. The second kappa shape index (κ2) is 8.06. The Morgan fingerprint density at radius 2 is 1.61 bits per heavy atom. The third-order valence-electron chi connectivity index (χ3n) is 4.32. The van der Waals surface area contributed by atoms with Crippen molar-refractivity contribution < 1.29 is 9.53 Å². The van der Waals surface area contributed by atoms with Gasteiger partial charge in [0.25, 0.3) is 5.91 Å². The van der Waals surface area contributed by atoms with Gasteiger partial charge in [0.2, 0.25) is 0 Å². The van der Waals surface area contributed by atoms with E-state index in [9.17, 15) is 4.79 Å². The van der Waals surface area contributed by atoms with Crippen LogP contribution < -0.4 is 10.1 Å². The molecule has 0 fully saturated rings. The Balaban J connectivity index is 1.50. The molecule has 1 aromatic heterocycles. The van der Waals surface area contributed by atoms with E-state index >= 15 is 0 Å². The van der Waals surface area contributed by atoms with E-state index in [2.05, 4.69) is 17.4 Å². The molecule has 0 radical (unpaired) electrons. The quantitative estimate of drug-likeness (QED) is 0.476.